The van der Waals surface area contributed by atoms with Crippen LogP contribution in [0.4, 0.5) is 16.2 Å². The van der Waals surface area contributed by atoms with Crippen LogP contribution in [0.5, 0.6) is 0 Å². The number of hydrogen-bond donors (Lipinski definition) is 1. The normalized spacial score (nSPS) is 18.4. The maximum atomic E-state index is 13.1. The van der Waals surface area contributed by atoms with Crippen LogP contribution in [-0.4, -0.2) is 64.3 Å². The highest BCUT2D eigenvalue weighted by Crippen LogP contribution is 2.32. The fourth-order valence-electron chi connectivity index (χ4n) is 5.68. The highest BCUT2D eigenvalue weighted by Gasteiger charge is 2.43. The van der Waals surface area contributed by atoms with Gasteiger partial charge >= 0.3 is 6.03 Å². The molecule has 2 fully saturated rings. The first-order valence-electron chi connectivity index (χ1n) is 13.2. The van der Waals surface area contributed by atoms with Gasteiger partial charge in [-0.1, -0.05) is 42.5 Å². The molecule has 2 saturated heterocycles. The molecule has 5 amide bonds. The SMILES string of the molecule is O=C1CCN(N2C(=O)c3ccc(CN4CCC(N(c5ccccc5)c5ccccc5)CC4)cc3C2=O)C(=O)N1. The molecule has 198 valence electrons. The number of likely N-dealkylation sites (tertiary alicyclic amines) is 1. The van der Waals surface area contributed by atoms with Crippen LogP contribution in [0, 0.1) is 0 Å². The fraction of sp³-hybridized carbons (Fsp3) is 0.267. The van der Waals surface area contributed by atoms with Crippen LogP contribution in [0.25, 0.3) is 0 Å². The van der Waals surface area contributed by atoms with Crippen LogP contribution in [0.15, 0.2) is 78.9 Å². The molecule has 9 heteroatoms. The summed E-state index contributed by atoms with van der Waals surface area (Å²) in [6, 6.07) is 25.8. The second-order valence-corrected chi connectivity index (χ2v) is 10.1. The molecular formula is C30H29N5O4. The number of rotatable bonds is 6. The standard InChI is InChI=1S/C30H29N5O4/c36-27-15-18-33(30(39)31-27)35-28(37)25-12-11-21(19-26(25)29(35)38)20-32-16-13-24(14-17-32)34(22-7-3-1-4-8-22)23-9-5-2-6-10-23/h1-12,19,24H,13-18,20H2,(H,31,36,39). The lowest BCUT2D eigenvalue weighted by molar-refractivity contribution is -0.122. The van der Waals surface area contributed by atoms with Crippen molar-refractivity contribution >= 4 is 35.1 Å². The molecule has 3 heterocycles. The van der Waals surface area contributed by atoms with Gasteiger partial charge in [0, 0.05) is 43.5 Å². The van der Waals surface area contributed by atoms with Crippen molar-refractivity contribution in [2.75, 3.05) is 24.5 Å². The molecule has 0 atom stereocenters. The van der Waals surface area contributed by atoms with Gasteiger partial charge in [0.1, 0.15) is 0 Å². The Morgan fingerprint density at radius 2 is 1.36 bits per heavy atom. The van der Waals surface area contributed by atoms with E-state index < -0.39 is 23.8 Å². The molecule has 9 nitrogen and oxygen atoms in total. The number of fused-ring (bicyclic) bond motifs is 1. The number of imide groups is 2. The molecule has 0 bridgehead atoms. The van der Waals surface area contributed by atoms with Gasteiger partial charge in [0.2, 0.25) is 5.91 Å². The minimum Gasteiger partial charge on any atom is -0.338 e. The molecule has 0 radical (unpaired) electrons. The van der Waals surface area contributed by atoms with E-state index in [4.69, 9.17) is 0 Å². The predicted octanol–water partition coefficient (Wildman–Crippen LogP) is 3.94. The van der Waals surface area contributed by atoms with Crippen LogP contribution in [0.1, 0.15) is 45.5 Å². The number of benzene rings is 3. The summed E-state index contributed by atoms with van der Waals surface area (Å²) < 4.78 is 0. The Hall–Kier alpha value is -4.50. The number of hydrogen-bond acceptors (Lipinski definition) is 6. The van der Waals surface area contributed by atoms with Crippen molar-refractivity contribution in [3.05, 3.63) is 95.6 Å². The Kier molecular flexibility index (Phi) is 6.58. The zero-order valence-electron chi connectivity index (χ0n) is 21.5. The quantitative estimate of drug-likeness (QED) is 0.492. The summed E-state index contributed by atoms with van der Waals surface area (Å²) in [5, 5.41) is 4.03. The number of nitrogens with zero attached hydrogens (tertiary/aromatic N) is 4. The number of amides is 5. The van der Waals surface area contributed by atoms with Gasteiger partial charge in [0.05, 0.1) is 17.7 Å². The molecule has 0 aromatic heterocycles. The number of nitrogens with one attached hydrogen (secondary N) is 1. The van der Waals surface area contributed by atoms with Crippen molar-refractivity contribution in [2.45, 2.75) is 31.8 Å². The first kappa shape index (κ1) is 24.8. The third-order valence-corrected chi connectivity index (χ3v) is 7.60. The van der Waals surface area contributed by atoms with Gasteiger partial charge in [-0.25, -0.2) is 9.80 Å². The molecule has 0 saturated carbocycles. The largest absolute Gasteiger partial charge is 0.343 e. The molecule has 1 N–H and O–H groups in total. The van der Waals surface area contributed by atoms with Gasteiger partial charge in [-0.2, -0.15) is 5.01 Å². The molecule has 0 unspecified atom stereocenters. The van der Waals surface area contributed by atoms with Crippen LogP contribution in [-0.2, 0) is 11.3 Å². The first-order valence-corrected chi connectivity index (χ1v) is 13.2. The van der Waals surface area contributed by atoms with E-state index in [0.29, 0.717) is 12.6 Å². The Bertz CT molecular complexity index is 1380. The van der Waals surface area contributed by atoms with E-state index in [0.717, 1.165) is 41.5 Å². The Morgan fingerprint density at radius 3 is 1.97 bits per heavy atom. The summed E-state index contributed by atoms with van der Waals surface area (Å²) in [6.45, 7) is 2.45. The lowest BCUT2D eigenvalue weighted by Crippen LogP contribution is -2.58. The van der Waals surface area contributed by atoms with E-state index in [-0.39, 0.29) is 24.1 Å². The average Bonchev–Trinajstić information content (AvgIpc) is 3.20. The summed E-state index contributed by atoms with van der Waals surface area (Å²) in [4.78, 5) is 54.6. The Labute approximate surface area is 226 Å². The van der Waals surface area contributed by atoms with E-state index in [1.54, 1.807) is 12.1 Å². The molecular weight excluding hydrogens is 494 g/mol. The Balaban J connectivity index is 1.14. The van der Waals surface area contributed by atoms with E-state index in [9.17, 15) is 19.2 Å². The monoisotopic (exact) mass is 523 g/mol. The number of para-hydroxylation sites is 2. The molecule has 3 aromatic carbocycles. The van der Waals surface area contributed by atoms with Crippen molar-refractivity contribution in [3.63, 3.8) is 0 Å². The smallest absolute Gasteiger partial charge is 0.338 e. The summed E-state index contributed by atoms with van der Waals surface area (Å²) in [7, 11) is 0. The number of anilines is 2. The zero-order chi connectivity index (χ0) is 26.9. The number of carbonyl (C=O) groups excluding carboxylic acids is 4. The number of carbonyl (C=O) groups is 4. The van der Waals surface area contributed by atoms with Crippen molar-refractivity contribution in [1.29, 1.82) is 0 Å². The second kappa shape index (κ2) is 10.3. The molecule has 0 spiro atoms. The summed E-state index contributed by atoms with van der Waals surface area (Å²) in [5.41, 5.74) is 3.86. The average molecular weight is 524 g/mol. The van der Waals surface area contributed by atoms with E-state index in [1.807, 2.05) is 18.2 Å². The van der Waals surface area contributed by atoms with Gasteiger partial charge in [0.15, 0.2) is 0 Å². The fourth-order valence-corrected chi connectivity index (χ4v) is 5.68. The van der Waals surface area contributed by atoms with Crippen molar-refractivity contribution in [3.8, 4) is 0 Å². The minimum absolute atomic E-state index is 0.0130. The number of piperidine rings is 1. The highest BCUT2D eigenvalue weighted by atomic mass is 16.2. The maximum absolute atomic E-state index is 13.1. The van der Waals surface area contributed by atoms with E-state index in [2.05, 4.69) is 63.6 Å². The summed E-state index contributed by atoms with van der Waals surface area (Å²) >= 11 is 0. The highest BCUT2D eigenvalue weighted by molar-refractivity contribution is 6.22. The van der Waals surface area contributed by atoms with E-state index >= 15 is 0 Å². The number of hydrazine groups is 1. The van der Waals surface area contributed by atoms with Gasteiger partial charge < -0.3 is 4.90 Å². The van der Waals surface area contributed by atoms with Crippen LogP contribution in [0.2, 0.25) is 0 Å². The van der Waals surface area contributed by atoms with Crippen molar-refractivity contribution < 1.29 is 19.2 Å². The summed E-state index contributed by atoms with van der Waals surface area (Å²) in [5.74, 6) is -1.51. The zero-order valence-corrected chi connectivity index (χ0v) is 21.5. The minimum atomic E-state index is -0.760. The topological polar surface area (TPSA) is 93.3 Å². The molecule has 6 rings (SSSR count). The van der Waals surface area contributed by atoms with Gasteiger partial charge in [-0.3, -0.25) is 24.6 Å². The third kappa shape index (κ3) is 4.77. The lowest BCUT2D eigenvalue weighted by Gasteiger charge is -2.40. The lowest BCUT2D eigenvalue weighted by atomic mass is 9.99. The molecule has 39 heavy (non-hydrogen) atoms. The number of urea groups is 1. The Morgan fingerprint density at radius 1 is 0.744 bits per heavy atom. The van der Waals surface area contributed by atoms with Crippen LogP contribution < -0.4 is 10.2 Å². The first-order chi connectivity index (χ1) is 19.0. The van der Waals surface area contributed by atoms with Gasteiger partial charge in [-0.15, -0.1) is 0 Å². The molecule has 3 aliphatic rings. The maximum Gasteiger partial charge on any atom is 0.343 e. The van der Waals surface area contributed by atoms with Gasteiger partial charge in [-0.05, 0) is 54.8 Å². The second-order valence-electron chi connectivity index (χ2n) is 10.1. The van der Waals surface area contributed by atoms with Crippen molar-refractivity contribution in [2.24, 2.45) is 0 Å². The molecule has 0 aliphatic carbocycles. The summed E-state index contributed by atoms with van der Waals surface area (Å²) in [6.07, 6.45) is 2.01. The van der Waals surface area contributed by atoms with Crippen LogP contribution in [0.3, 0.4) is 0 Å². The van der Waals surface area contributed by atoms with E-state index in [1.165, 1.54) is 11.4 Å². The molecule has 3 aliphatic heterocycles. The predicted molar refractivity (Wildman–Crippen MR) is 145 cm³/mol. The van der Waals surface area contributed by atoms with Crippen LogP contribution >= 0.6 is 0 Å². The molecule has 3 aromatic rings. The third-order valence-electron chi connectivity index (χ3n) is 7.60. The van der Waals surface area contributed by atoms with Crippen molar-refractivity contribution in [1.82, 2.24) is 20.2 Å². The van der Waals surface area contributed by atoms with Gasteiger partial charge in [0.25, 0.3) is 11.8 Å².